The third-order valence-electron chi connectivity index (χ3n) is 7.75. The van der Waals surface area contributed by atoms with E-state index in [1.165, 1.54) is 12.0 Å². The van der Waals surface area contributed by atoms with E-state index in [1.54, 1.807) is 0 Å². The summed E-state index contributed by atoms with van der Waals surface area (Å²) >= 11 is 0. The highest BCUT2D eigenvalue weighted by atomic mass is 16.1. The molecule has 176 valence electrons. The van der Waals surface area contributed by atoms with E-state index in [-0.39, 0.29) is 5.69 Å². The van der Waals surface area contributed by atoms with Crippen LogP contribution in [0.1, 0.15) is 62.4 Å². The number of aromatic nitrogens is 4. The van der Waals surface area contributed by atoms with Crippen molar-refractivity contribution < 1.29 is 0 Å². The minimum atomic E-state index is 0.123. The molecule has 3 heterocycles. The first-order valence-corrected chi connectivity index (χ1v) is 12.8. The van der Waals surface area contributed by atoms with Crippen molar-refractivity contribution in [3.8, 4) is 22.5 Å². The van der Waals surface area contributed by atoms with Crippen LogP contribution in [-0.2, 0) is 6.54 Å². The lowest BCUT2D eigenvalue weighted by molar-refractivity contribution is 0.311. The molecule has 0 spiro atoms. The molecule has 34 heavy (non-hydrogen) atoms. The summed E-state index contributed by atoms with van der Waals surface area (Å²) in [5.41, 5.74) is 7.69. The molecule has 6 rings (SSSR count). The molecular weight excluding hydrogens is 422 g/mol. The monoisotopic (exact) mass is 455 g/mol. The van der Waals surface area contributed by atoms with Crippen molar-refractivity contribution in [2.45, 2.75) is 64.5 Å². The van der Waals surface area contributed by atoms with Crippen molar-refractivity contribution in [2.75, 3.05) is 13.1 Å². The van der Waals surface area contributed by atoms with E-state index in [1.807, 2.05) is 9.13 Å². The molecule has 2 aliphatic rings. The van der Waals surface area contributed by atoms with Crippen LogP contribution >= 0.6 is 0 Å². The number of H-pyrrole nitrogens is 1. The zero-order valence-electron chi connectivity index (χ0n) is 20.1. The smallest absolute Gasteiger partial charge is 0.329 e. The molecule has 0 atom stereocenters. The Balaban J connectivity index is 1.52. The van der Waals surface area contributed by atoms with E-state index < -0.39 is 0 Å². The first kappa shape index (κ1) is 21.4. The van der Waals surface area contributed by atoms with Gasteiger partial charge in [0.1, 0.15) is 5.82 Å². The average Bonchev–Trinajstić information content (AvgIpc) is 3.38. The summed E-state index contributed by atoms with van der Waals surface area (Å²) in [7, 11) is 0. The van der Waals surface area contributed by atoms with Crippen molar-refractivity contribution in [3.63, 3.8) is 0 Å². The lowest BCUT2D eigenvalue weighted by atomic mass is 9.93. The van der Waals surface area contributed by atoms with Gasteiger partial charge >= 0.3 is 5.69 Å². The van der Waals surface area contributed by atoms with Gasteiger partial charge in [-0.05, 0) is 77.2 Å². The van der Waals surface area contributed by atoms with Crippen LogP contribution in [-0.4, -0.2) is 32.2 Å². The van der Waals surface area contributed by atoms with Crippen LogP contribution in [0.5, 0.6) is 0 Å². The van der Waals surface area contributed by atoms with Gasteiger partial charge in [0, 0.05) is 29.6 Å². The van der Waals surface area contributed by atoms with Crippen LogP contribution in [0.2, 0.25) is 0 Å². The van der Waals surface area contributed by atoms with Gasteiger partial charge < -0.3 is 10.3 Å². The molecule has 2 N–H and O–H groups in total. The summed E-state index contributed by atoms with van der Waals surface area (Å²) in [5, 5.41) is 3.46. The van der Waals surface area contributed by atoms with Crippen molar-refractivity contribution in [1.82, 2.24) is 24.4 Å². The zero-order valence-corrected chi connectivity index (χ0v) is 20.1. The molecule has 0 radical (unpaired) electrons. The molecule has 0 unspecified atom stereocenters. The summed E-state index contributed by atoms with van der Waals surface area (Å²) < 4.78 is 3.95. The topological polar surface area (TPSA) is 67.6 Å². The van der Waals surface area contributed by atoms with E-state index in [9.17, 15) is 4.79 Å². The number of aryl methyl sites for hydroxylation is 2. The number of hydrogen-bond donors (Lipinski definition) is 2. The number of piperidine rings is 1. The Morgan fingerprint density at radius 3 is 2.53 bits per heavy atom. The van der Waals surface area contributed by atoms with Gasteiger partial charge in [-0.25, -0.2) is 9.78 Å². The van der Waals surface area contributed by atoms with Crippen molar-refractivity contribution in [1.29, 1.82) is 0 Å². The summed E-state index contributed by atoms with van der Waals surface area (Å²) in [6.45, 7) is 6.92. The summed E-state index contributed by atoms with van der Waals surface area (Å²) in [4.78, 5) is 22.1. The summed E-state index contributed by atoms with van der Waals surface area (Å²) in [6, 6.07) is 15.4. The minimum Gasteiger partial charge on any atom is -0.341 e. The standard InChI is InChI=1S/C28H33N5O/c1-3-32-24-17-21(10-11-23(24)33(28(32)34)22-8-5-9-22)26-25(20-7-4-6-18(2)16-20)30-27(31-26)19-12-14-29-15-13-19/h4,6-7,10-11,16-17,19,22,29H,3,5,8-9,12-15H2,1-2H3,(H,30,31). The number of imidazole rings is 2. The van der Waals surface area contributed by atoms with Crippen molar-refractivity contribution >= 4 is 11.0 Å². The Bertz CT molecular complexity index is 1400. The lowest BCUT2D eigenvalue weighted by Gasteiger charge is -2.26. The number of hydrogen-bond acceptors (Lipinski definition) is 3. The van der Waals surface area contributed by atoms with Crippen LogP contribution < -0.4 is 11.0 Å². The number of aromatic amines is 1. The van der Waals surface area contributed by atoms with Crippen LogP contribution in [0, 0.1) is 6.92 Å². The van der Waals surface area contributed by atoms with Gasteiger partial charge in [0.15, 0.2) is 0 Å². The van der Waals surface area contributed by atoms with Crippen LogP contribution in [0.15, 0.2) is 47.3 Å². The van der Waals surface area contributed by atoms with Gasteiger partial charge in [-0.1, -0.05) is 29.8 Å². The number of nitrogens with zero attached hydrogens (tertiary/aromatic N) is 3. The van der Waals surface area contributed by atoms with E-state index in [0.717, 1.165) is 78.1 Å². The minimum absolute atomic E-state index is 0.123. The third kappa shape index (κ3) is 3.52. The fourth-order valence-corrected chi connectivity index (χ4v) is 5.63. The van der Waals surface area contributed by atoms with E-state index >= 15 is 0 Å². The Morgan fingerprint density at radius 1 is 1.00 bits per heavy atom. The molecule has 4 aromatic rings. The molecule has 1 saturated heterocycles. The third-order valence-corrected chi connectivity index (χ3v) is 7.75. The Morgan fingerprint density at radius 2 is 1.82 bits per heavy atom. The molecule has 0 bridgehead atoms. The largest absolute Gasteiger partial charge is 0.341 e. The summed E-state index contributed by atoms with van der Waals surface area (Å²) in [6.07, 6.45) is 5.60. The molecular formula is C28H33N5O. The molecule has 6 heteroatoms. The maximum Gasteiger partial charge on any atom is 0.329 e. The number of rotatable bonds is 5. The molecule has 2 aromatic carbocycles. The van der Waals surface area contributed by atoms with Gasteiger partial charge in [-0.15, -0.1) is 0 Å². The van der Waals surface area contributed by atoms with Gasteiger partial charge in [0.2, 0.25) is 0 Å². The zero-order chi connectivity index (χ0) is 23.2. The van der Waals surface area contributed by atoms with Gasteiger partial charge in [-0.2, -0.15) is 0 Å². The second kappa shape index (κ2) is 8.58. The highest BCUT2D eigenvalue weighted by Gasteiger charge is 2.26. The summed E-state index contributed by atoms with van der Waals surface area (Å²) in [5.74, 6) is 1.52. The molecule has 6 nitrogen and oxygen atoms in total. The maximum atomic E-state index is 13.2. The lowest BCUT2D eigenvalue weighted by Crippen LogP contribution is -2.30. The normalized spacial score (nSPS) is 17.4. The number of nitrogens with one attached hydrogen (secondary N) is 2. The molecule has 1 aliphatic carbocycles. The van der Waals surface area contributed by atoms with Crippen LogP contribution in [0.3, 0.4) is 0 Å². The predicted molar refractivity (Wildman–Crippen MR) is 137 cm³/mol. The fourth-order valence-electron chi connectivity index (χ4n) is 5.63. The second-order valence-corrected chi connectivity index (χ2v) is 9.92. The fraction of sp³-hybridized carbons (Fsp3) is 0.429. The van der Waals surface area contributed by atoms with Gasteiger partial charge in [0.25, 0.3) is 0 Å². The number of benzene rings is 2. The van der Waals surface area contributed by atoms with Crippen molar-refractivity contribution in [3.05, 3.63) is 64.3 Å². The van der Waals surface area contributed by atoms with E-state index in [4.69, 9.17) is 4.98 Å². The van der Waals surface area contributed by atoms with Gasteiger partial charge in [-0.3, -0.25) is 9.13 Å². The molecule has 1 saturated carbocycles. The first-order chi connectivity index (χ1) is 16.6. The Kier molecular flexibility index (Phi) is 5.41. The highest BCUT2D eigenvalue weighted by molar-refractivity contribution is 5.86. The Hall–Kier alpha value is -3.12. The molecule has 1 aliphatic heterocycles. The SMILES string of the molecule is CCn1c(=O)n(C2CCC2)c2ccc(-c3[nH]c(C4CCNCC4)nc3-c3cccc(C)c3)cc21. The predicted octanol–water partition coefficient (Wildman–Crippen LogP) is 5.38. The van der Waals surface area contributed by atoms with E-state index in [0.29, 0.717) is 18.5 Å². The molecule has 0 amide bonds. The van der Waals surface area contributed by atoms with Crippen LogP contribution in [0.25, 0.3) is 33.5 Å². The number of fused-ring (bicyclic) bond motifs is 1. The first-order valence-electron chi connectivity index (χ1n) is 12.8. The van der Waals surface area contributed by atoms with E-state index in [2.05, 4.69) is 66.6 Å². The Labute approximate surface area is 200 Å². The molecule has 2 fully saturated rings. The average molecular weight is 456 g/mol. The highest BCUT2D eigenvalue weighted by Crippen LogP contribution is 2.37. The second-order valence-electron chi connectivity index (χ2n) is 9.92. The van der Waals surface area contributed by atoms with Crippen LogP contribution in [0.4, 0.5) is 0 Å². The van der Waals surface area contributed by atoms with Crippen molar-refractivity contribution in [2.24, 2.45) is 0 Å². The van der Waals surface area contributed by atoms with Gasteiger partial charge in [0.05, 0.1) is 22.4 Å². The molecule has 2 aromatic heterocycles. The maximum absolute atomic E-state index is 13.2. The quantitative estimate of drug-likeness (QED) is 0.425.